The molecule has 0 aliphatic rings. The fourth-order valence-corrected chi connectivity index (χ4v) is 1.58. The molecule has 0 aliphatic heterocycles. The number of anilines is 2. The van der Waals surface area contributed by atoms with Gasteiger partial charge in [0.2, 0.25) is 0 Å². The molecule has 0 aliphatic carbocycles. The summed E-state index contributed by atoms with van der Waals surface area (Å²) in [6.07, 6.45) is 3.07. The van der Waals surface area contributed by atoms with E-state index in [0.29, 0.717) is 9.39 Å². The topological polar surface area (TPSA) is 70.7 Å². The van der Waals surface area contributed by atoms with Gasteiger partial charge >= 0.3 is 0 Å². The summed E-state index contributed by atoms with van der Waals surface area (Å²) in [7, 11) is 0. The first-order valence-electron chi connectivity index (χ1n) is 4.59. The third kappa shape index (κ3) is 2.38. The van der Waals surface area contributed by atoms with Crippen LogP contribution < -0.4 is 10.9 Å². The molecule has 0 bridgehead atoms. The van der Waals surface area contributed by atoms with Gasteiger partial charge in [0.25, 0.3) is 5.56 Å². The van der Waals surface area contributed by atoms with Gasteiger partial charge in [0, 0.05) is 5.69 Å². The molecule has 2 aromatic heterocycles. The molecule has 0 spiro atoms. The molecule has 0 amide bonds. The minimum absolute atomic E-state index is 0.154. The van der Waals surface area contributed by atoms with Crippen LogP contribution in [0.5, 0.6) is 0 Å². The summed E-state index contributed by atoms with van der Waals surface area (Å²) < 4.78 is 0.528. The number of aryl methyl sites for hydroxylation is 1. The molecule has 0 aromatic carbocycles. The molecule has 0 radical (unpaired) electrons. The minimum atomic E-state index is -0.154. The van der Waals surface area contributed by atoms with Gasteiger partial charge in [-0.25, -0.2) is 4.98 Å². The van der Waals surface area contributed by atoms with E-state index in [-0.39, 0.29) is 5.56 Å². The Kier molecular flexibility index (Phi) is 3.18. The first-order valence-corrected chi connectivity index (χ1v) is 5.67. The highest BCUT2D eigenvalue weighted by atomic mass is 127. The maximum atomic E-state index is 11.3. The summed E-state index contributed by atoms with van der Waals surface area (Å²) in [5.41, 5.74) is 1.60. The van der Waals surface area contributed by atoms with Gasteiger partial charge < -0.3 is 10.3 Å². The van der Waals surface area contributed by atoms with Crippen molar-refractivity contribution in [1.82, 2.24) is 15.0 Å². The zero-order valence-corrected chi connectivity index (χ0v) is 10.6. The van der Waals surface area contributed by atoms with Crippen LogP contribution in [0, 0.1) is 10.5 Å². The number of hydrogen-bond acceptors (Lipinski definition) is 4. The maximum Gasteiger partial charge on any atom is 0.266 e. The standard InChI is InChI=1S/C10H9IN4O/c1-6-2-3-7(4-12-6)15-9-8(11)10(16)14-5-13-9/h2-5H,1H3,(H2,13,14,15,16). The minimum Gasteiger partial charge on any atom is -0.338 e. The molecule has 0 fully saturated rings. The fraction of sp³-hybridized carbons (Fsp3) is 0.100. The summed E-state index contributed by atoms with van der Waals surface area (Å²) in [4.78, 5) is 22.0. The molecule has 0 saturated carbocycles. The predicted octanol–water partition coefficient (Wildman–Crippen LogP) is 1.82. The SMILES string of the molecule is Cc1ccc(Nc2nc[nH]c(=O)c2I)cn1. The van der Waals surface area contributed by atoms with Gasteiger partial charge in [-0.2, -0.15) is 0 Å². The second kappa shape index (κ2) is 4.60. The summed E-state index contributed by atoms with van der Waals surface area (Å²) in [6, 6.07) is 3.78. The van der Waals surface area contributed by atoms with Gasteiger partial charge in [-0.1, -0.05) is 0 Å². The first kappa shape index (κ1) is 11.1. The Labute approximate surface area is 105 Å². The Hall–Kier alpha value is -1.44. The van der Waals surface area contributed by atoms with E-state index < -0.39 is 0 Å². The Bertz CT molecular complexity index is 549. The van der Waals surface area contributed by atoms with E-state index in [2.05, 4.69) is 20.3 Å². The summed E-state index contributed by atoms with van der Waals surface area (Å²) >= 11 is 1.95. The number of aromatic amines is 1. The molecule has 2 heterocycles. The lowest BCUT2D eigenvalue weighted by Crippen LogP contribution is -2.12. The highest BCUT2D eigenvalue weighted by molar-refractivity contribution is 14.1. The van der Waals surface area contributed by atoms with Crippen LogP contribution in [0.15, 0.2) is 29.5 Å². The number of hydrogen-bond donors (Lipinski definition) is 2. The quantitative estimate of drug-likeness (QED) is 0.825. The number of aromatic nitrogens is 3. The van der Waals surface area contributed by atoms with E-state index in [0.717, 1.165) is 11.4 Å². The summed E-state index contributed by atoms with van der Waals surface area (Å²) in [5, 5.41) is 3.04. The smallest absolute Gasteiger partial charge is 0.266 e. The van der Waals surface area contributed by atoms with Crippen molar-refractivity contribution in [3.05, 3.63) is 44.3 Å². The van der Waals surface area contributed by atoms with Crippen molar-refractivity contribution in [3.8, 4) is 0 Å². The molecule has 2 aromatic rings. The summed E-state index contributed by atoms with van der Waals surface area (Å²) in [5.74, 6) is 0.537. The van der Waals surface area contributed by atoms with Crippen LogP contribution in [0.3, 0.4) is 0 Å². The van der Waals surface area contributed by atoms with Crippen molar-refractivity contribution < 1.29 is 0 Å². The summed E-state index contributed by atoms with van der Waals surface area (Å²) in [6.45, 7) is 1.92. The molecule has 0 unspecified atom stereocenters. The van der Waals surface area contributed by atoms with Gasteiger partial charge in [-0.3, -0.25) is 9.78 Å². The Morgan fingerprint density at radius 1 is 1.38 bits per heavy atom. The van der Waals surface area contributed by atoms with Crippen LogP contribution >= 0.6 is 22.6 Å². The van der Waals surface area contributed by atoms with Crippen molar-refractivity contribution in [2.24, 2.45) is 0 Å². The molecule has 5 nitrogen and oxygen atoms in total. The maximum absolute atomic E-state index is 11.3. The molecular weight excluding hydrogens is 319 g/mol. The largest absolute Gasteiger partial charge is 0.338 e. The first-order chi connectivity index (χ1) is 7.66. The zero-order chi connectivity index (χ0) is 11.5. The number of nitrogens with zero attached hydrogens (tertiary/aromatic N) is 2. The van der Waals surface area contributed by atoms with Crippen LogP contribution in [0.4, 0.5) is 11.5 Å². The van der Waals surface area contributed by atoms with E-state index in [1.54, 1.807) is 6.20 Å². The van der Waals surface area contributed by atoms with E-state index in [1.807, 2.05) is 41.6 Å². The number of halogens is 1. The van der Waals surface area contributed by atoms with E-state index in [1.165, 1.54) is 6.33 Å². The van der Waals surface area contributed by atoms with Crippen molar-refractivity contribution in [2.75, 3.05) is 5.32 Å². The number of nitrogens with one attached hydrogen (secondary N) is 2. The van der Waals surface area contributed by atoms with Crippen molar-refractivity contribution >= 4 is 34.1 Å². The normalized spacial score (nSPS) is 10.1. The van der Waals surface area contributed by atoms with E-state index in [4.69, 9.17) is 0 Å². The van der Waals surface area contributed by atoms with Crippen molar-refractivity contribution in [3.63, 3.8) is 0 Å². The number of pyridine rings is 1. The molecule has 16 heavy (non-hydrogen) atoms. The Morgan fingerprint density at radius 3 is 2.88 bits per heavy atom. The van der Waals surface area contributed by atoms with Gasteiger partial charge in [0.1, 0.15) is 3.57 Å². The Morgan fingerprint density at radius 2 is 2.19 bits per heavy atom. The highest BCUT2D eigenvalue weighted by Gasteiger charge is 2.04. The van der Waals surface area contributed by atoms with Crippen LogP contribution in [-0.2, 0) is 0 Å². The van der Waals surface area contributed by atoms with Crippen LogP contribution in [-0.4, -0.2) is 15.0 Å². The monoisotopic (exact) mass is 328 g/mol. The highest BCUT2D eigenvalue weighted by Crippen LogP contribution is 2.16. The van der Waals surface area contributed by atoms with Gasteiger partial charge in [-0.05, 0) is 41.6 Å². The molecule has 2 N–H and O–H groups in total. The second-order valence-electron chi connectivity index (χ2n) is 3.21. The van der Waals surface area contributed by atoms with E-state index in [9.17, 15) is 4.79 Å². The molecule has 2 rings (SSSR count). The lowest BCUT2D eigenvalue weighted by molar-refractivity contribution is 1.10. The van der Waals surface area contributed by atoms with Gasteiger partial charge in [0.15, 0.2) is 5.82 Å². The average molecular weight is 328 g/mol. The molecule has 6 heteroatoms. The fourth-order valence-electron chi connectivity index (χ4n) is 1.15. The van der Waals surface area contributed by atoms with Crippen LogP contribution in [0.25, 0.3) is 0 Å². The lowest BCUT2D eigenvalue weighted by Gasteiger charge is -2.05. The van der Waals surface area contributed by atoms with Crippen molar-refractivity contribution in [1.29, 1.82) is 0 Å². The zero-order valence-electron chi connectivity index (χ0n) is 8.49. The van der Waals surface area contributed by atoms with Crippen molar-refractivity contribution in [2.45, 2.75) is 6.92 Å². The van der Waals surface area contributed by atoms with Gasteiger partial charge in [0.05, 0.1) is 18.2 Å². The average Bonchev–Trinajstić information content (AvgIpc) is 2.28. The van der Waals surface area contributed by atoms with Crippen LogP contribution in [0.1, 0.15) is 5.69 Å². The molecule has 0 saturated heterocycles. The Balaban J connectivity index is 2.30. The van der Waals surface area contributed by atoms with Gasteiger partial charge in [-0.15, -0.1) is 0 Å². The number of H-pyrrole nitrogens is 1. The van der Waals surface area contributed by atoms with E-state index >= 15 is 0 Å². The number of rotatable bonds is 2. The van der Waals surface area contributed by atoms with Crippen LogP contribution in [0.2, 0.25) is 0 Å². The molecule has 82 valence electrons. The second-order valence-corrected chi connectivity index (χ2v) is 4.29. The predicted molar refractivity (Wildman–Crippen MR) is 69.8 cm³/mol. The lowest BCUT2D eigenvalue weighted by atomic mass is 10.3. The molecular formula is C10H9IN4O. The third-order valence-electron chi connectivity index (χ3n) is 1.97. The third-order valence-corrected chi connectivity index (χ3v) is 2.97. The molecule has 0 atom stereocenters.